The van der Waals surface area contributed by atoms with Crippen molar-refractivity contribution >= 4 is 5.82 Å². The Morgan fingerprint density at radius 2 is 1.67 bits per heavy atom. The molecule has 0 aliphatic carbocycles. The molecule has 3 rings (SSSR count). The molecule has 1 aromatic heterocycles. The average molecular weight is 281 g/mol. The van der Waals surface area contributed by atoms with Crippen LogP contribution in [0.3, 0.4) is 0 Å². The Hall–Kier alpha value is -1.87. The molecule has 0 spiro atoms. The summed E-state index contributed by atoms with van der Waals surface area (Å²) in [4.78, 5) is 9.57. The molecule has 1 aliphatic heterocycles. The van der Waals surface area contributed by atoms with E-state index in [0.717, 1.165) is 50.7 Å². The lowest BCUT2D eigenvalue weighted by Gasteiger charge is -2.35. The topological polar surface area (TPSA) is 19.4 Å². The molecule has 21 heavy (non-hydrogen) atoms. The zero-order valence-corrected chi connectivity index (χ0v) is 12.7. The normalized spacial score (nSPS) is 16.1. The number of aryl methyl sites for hydroxylation is 1. The molecule has 0 saturated carbocycles. The molecule has 1 aromatic carbocycles. The van der Waals surface area contributed by atoms with E-state index in [1.165, 1.54) is 5.56 Å². The second-order valence-electron chi connectivity index (χ2n) is 5.70. The molecule has 3 heteroatoms. The maximum absolute atomic E-state index is 4.62. The van der Waals surface area contributed by atoms with Gasteiger partial charge in [-0.3, -0.25) is 4.90 Å². The smallest absolute Gasteiger partial charge is 0.128 e. The molecular weight excluding hydrogens is 258 g/mol. The minimum absolute atomic E-state index is 1.07. The van der Waals surface area contributed by atoms with Gasteiger partial charge in [-0.05, 0) is 31.0 Å². The maximum Gasteiger partial charge on any atom is 0.128 e. The fourth-order valence-electron chi connectivity index (χ4n) is 2.84. The second-order valence-corrected chi connectivity index (χ2v) is 5.70. The van der Waals surface area contributed by atoms with Crippen molar-refractivity contribution in [2.45, 2.75) is 13.3 Å². The predicted octanol–water partition coefficient (Wildman–Crippen LogP) is 2.75. The molecule has 2 heterocycles. The molecule has 0 unspecified atom stereocenters. The number of hydrogen-bond acceptors (Lipinski definition) is 3. The molecule has 110 valence electrons. The standard InChI is InChI=1S/C18H23N3/c1-16-6-5-9-18(19-16)21-14-12-20(13-15-21)11-10-17-7-3-2-4-8-17/h2-9H,10-15H2,1H3. The van der Waals surface area contributed by atoms with Crippen LogP contribution < -0.4 is 4.90 Å². The number of anilines is 1. The van der Waals surface area contributed by atoms with Crippen molar-refractivity contribution in [3.8, 4) is 0 Å². The first-order valence-corrected chi connectivity index (χ1v) is 7.76. The van der Waals surface area contributed by atoms with Crippen LogP contribution in [0.4, 0.5) is 5.82 Å². The second kappa shape index (κ2) is 6.72. The van der Waals surface area contributed by atoms with Gasteiger partial charge < -0.3 is 4.90 Å². The fourth-order valence-corrected chi connectivity index (χ4v) is 2.84. The molecule has 1 saturated heterocycles. The zero-order valence-electron chi connectivity index (χ0n) is 12.7. The monoisotopic (exact) mass is 281 g/mol. The predicted molar refractivity (Wildman–Crippen MR) is 87.8 cm³/mol. The summed E-state index contributed by atoms with van der Waals surface area (Å²) in [5, 5.41) is 0. The highest BCUT2D eigenvalue weighted by Crippen LogP contribution is 2.14. The minimum Gasteiger partial charge on any atom is -0.354 e. The number of rotatable bonds is 4. The van der Waals surface area contributed by atoms with Crippen LogP contribution in [0.1, 0.15) is 11.3 Å². The largest absolute Gasteiger partial charge is 0.354 e. The van der Waals surface area contributed by atoms with E-state index in [0.29, 0.717) is 0 Å². The zero-order chi connectivity index (χ0) is 14.5. The third-order valence-electron chi connectivity index (χ3n) is 4.13. The van der Waals surface area contributed by atoms with Crippen molar-refractivity contribution in [3.63, 3.8) is 0 Å². The highest BCUT2D eigenvalue weighted by Gasteiger charge is 2.17. The van der Waals surface area contributed by atoms with Crippen molar-refractivity contribution in [1.82, 2.24) is 9.88 Å². The van der Waals surface area contributed by atoms with Crippen molar-refractivity contribution < 1.29 is 0 Å². The van der Waals surface area contributed by atoms with Gasteiger partial charge in [0.05, 0.1) is 0 Å². The Morgan fingerprint density at radius 1 is 0.905 bits per heavy atom. The van der Waals surface area contributed by atoms with Crippen molar-refractivity contribution in [3.05, 3.63) is 59.8 Å². The van der Waals surface area contributed by atoms with E-state index in [-0.39, 0.29) is 0 Å². The molecule has 0 N–H and O–H groups in total. The van der Waals surface area contributed by atoms with Crippen LogP contribution in [0.2, 0.25) is 0 Å². The highest BCUT2D eigenvalue weighted by molar-refractivity contribution is 5.39. The lowest BCUT2D eigenvalue weighted by molar-refractivity contribution is 0.260. The van der Waals surface area contributed by atoms with Gasteiger partial charge in [-0.25, -0.2) is 4.98 Å². The van der Waals surface area contributed by atoms with Gasteiger partial charge in [0.1, 0.15) is 5.82 Å². The number of pyridine rings is 1. The Bertz CT molecular complexity index is 560. The number of nitrogens with zero attached hydrogens (tertiary/aromatic N) is 3. The maximum atomic E-state index is 4.62. The van der Waals surface area contributed by atoms with Crippen molar-refractivity contribution in [1.29, 1.82) is 0 Å². The molecule has 0 bridgehead atoms. The fraction of sp³-hybridized carbons (Fsp3) is 0.389. The average Bonchev–Trinajstić information content (AvgIpc) is 2.54. The quantitative estimate of drug-likeness (QED) is 0.859. The third kappa shape index (κ3) is 3.82. The van der Waals surface area contributed by atoms with Gasteiger partial charge in [-0.2, -0.15) is 0 Å². The summed E-state index contributed by atoms with van der Waals surface area (Å²) in [6.07, 6.45) is 1.14. The molecule has 2 aromatic rings. The number of hydrogen-bond donors (Lipinski definition) is 0. The molecule has 0 radical (unpaired) electrons. The Balaban J connectivity index is 1.49. The van der Waals surface area contributed by atoms with Gasteiger partial charge in [0.2, 0.25) is 0 Å². The van der Waals surface area contributed by atoms with Crippen LogP contribution in [0.15, 0.2) is 48.5 Å². The van der Waals surface area contributed by atoms with E-state index < -0.39 is 0 Å². The Kier molecular flexibility index (Phi) is 4.51. The summed E-state index contributed by atoms with van der Waals surface area (Å²) < 4.78 is 0. The van der Waals surface area contributed by atoms with Crippen LogP contribution >= 0.6 is 0 Å². The number of benzene rings is 1. The number of aromatic nitrogens is 1. The highest BCUT2D eigenvalue weighted by atomic mass is 15.3. The molecule has 3 nitrogen and oxygen atoms in total. The third-order valence-corrected chi connectivity index (χ3v) is 4.13. The summed E-state index contributed by atoms with van der Waals surface area (Å²) in [5.74, 6) is 1.12. The SMILES string of the molecule is Cc1cccc(N2CCN(CCc3ccccc3)CC2)n1. The van der Waals surface area contributed by atoms with E-state index >= 15 is 0 Å². The van der Waals surface area contributed by atoms with Gasteiger partial charge in [0.25, 0.3) is 0 Å². The molecule has 0 atom stereocenters. The Morgan fingerprint density at radius 3 is 2.38 bits per heavy atom. The van der Waals surface area contributed by atoms with Gasteiger partial charge in [0, 0.05) is 38.4 Å². The van der Waals surface area contributed by atoms with Gasteiger partial charge in [-0.1, -0.05) is 36.4 Å². The van der Waals surface area contributed by atoms with Crippen LogP contribution in [0, 0.1) is 6.92 Å². The van der Waals surface area contributed by atoms with Crippen LogP contribution in [0.5, 0.6) is 0 Å². The van der Waals surface area contributed by atoms with Crippen molar-refractivity contribution in [2.24, 2.45) is 0 Å². The van der Waals surface area contributed by atoms with Gasteiger partial charge in [0.15, 0.2) is 0 Å². The van der Waals surface area contributed by atoms with Crippen molar-refractivity contribution in [2.75, 3.05) is 37.6 Å². The molecule has 0 amide bonds. The lowest BCUT2D eigenvalue weighted by Crippen LogP contribution is -2.47. The summed E-state index contributed by atoms with van der Waals surface area (Å²) >= 11 is 0. The van der Waals surface area contributed by atoms with Crippen LogP contribution in [0.25, 0.3) is 0 Å². The first-order chi connectivity index (χ1) is 10.3. The van der Waals surface area contributed by atoms with E-state index in [9.17, 15) is 0 Å². The van der Waals surface area contributed by atoms with E-state index in [2.05, 4.69) is 70.2 Å². The van der Waals surface area contributed by atoms with E-state index in [1.807, 2.05) is 0 Å². The molecular formula is C18H23N3. The summed E-state index contributed by atoms with van der Waals surface area (Å²) in [6.45, 7) is 7.61. The molecule has 1 fully saturated rings. The van der Waals surface area contributed by atoms with Gasteiger partial charge in [-0.15, -0.1) is 0 Å². The summed E-state index contributed by atoms with van der Waals surface area (Å²) in [5.41, 5.74) is 2.53. The van der Waals surface area contributed by atoms with E-state index in [1.54, 1.807) is 0 Å². The van der Waals surface area contributed by atoms with Gasteiger partial charge >= 0.3 is 0 Å². The first kappa shape index (κ1) is 14.1. The lowest BCUT2D eigenvalue weighted by atomic mass is 10.1. The van der Waals surface area contributed by atoms with E-state index in [4.69, 9.17) is 0 Å². The van der Waals surface area contributed by atoms with Crippen LogP contribution in [-0.2, 0) is 6.42 Å². The summed E-state index contributed by atoms with van der Waals surface area (Å²) in [7, 11) is 0. The van der Waals surface area contributed by atoms with Crippen LogP contribution in [-0.4, -0.2) is 42.6 Å². The Labute approximate surface area is 127 Å². The first-order valence-electron chi connectivity index (χ1n) is 7.76. The number of piperazine rings is 1. The minimum atomic E-state index is 1.07. The summed E-state index contributed by atoms with van der Waals surface area (Å²) in [6, 6.07) is 17.0. The molecule has 1 aliphatic rings.